The molecule has 1 saturated heterocycles. The first-order valence-electron chi connectivity index (χ1n) is 6.43. The van der Waals surface area contributed by atoms with E-state index in [4.69, 9.17) is 0 Å². The molecule has 1 aromatic heterocycles. The van der Waals surface area contributed by atoms with Crippen molar-refractivity contribution < 1.29 is 0 Å². The molecule has 1 aromatic rings. The molecule has 0 bridgehead atoms. The molecule has 2 heterocycles. The summed E-state index contributed by atoms with van der Waals surface area (Å²) in [6.07, 6.45) is 4.24. The van der Waals surface area contributed by atoms with Crippen molar-refractivity contribution in [2.75, 3.05) is 19.6 Å². The highest BCUT2D eigenvalue weighted by Crippen LogP contribution is 2.58. The van der Waals surface area contributed by atoms with Gasteiger partial charge in [-0.2, -0.15) is 0 Å². The molecule has 2 fully saturated rings. The minimum Gasteiger partial charge on any atom is -0.317 e. The first-order valence-corrected chi connectivity index (χ1v) is 8.10. The third-order valence-electron chi connectivity index (χ3n) is 4.27. The summed E-state index contributed by atoms with van der Waals surface area (Å²) in [6.45, 7) is 4.69. The molecule has 17 heavy (non-hydrogen) atoms. The highest BCUT2D eigenvalue weighted by atomic mass is 79.9. The van der Waals surface area contributed by atoms with Crippen LogP contribution in [0.2, 0.25) is 0 Å². The summed E-state index contributed by atoms with van der Waals surface area (Å²) in [5.41, 5.74) is 0.717. The zero-order valence-corrected chi connectivity index (χ0v) is 12.4. The number of hydrogen-bond donors (Lipinski definition) is 2. The van der Waals surface area contributed by atoms with Crippen LogP contribution in [-0.2, 0) is 6.54 Å². The minimum absolute atomic E-state index is 0.717. The maximum absolute atomic E-state index is 3.62. The van der Waals surface area contributed by atoms with Crippen molar-refractivity contribution in [2.45, 2.75) is 25.8 Å². The molecule has 1 spiro atoms. The molecule has 0 radical (unpaired) electrons. The van der Waals surface area contributed by atoms with Gasteiger partial charge < -0.3 is 10.6 Å². The number of halogens is 1. The summed E-state index contributed by atoms with van der Waals surface area (Å²) in [5.74, 6) is 0.938. The molecule has 1 unspecified atom stereocenters. The Morgan fingerprint density at radius 2 is 2.29 bits per heavy atom. The van der Waals surface area contributed by atoms with Gasteiger partial charge in [-0.25, -0.2) is 0 Å². The summed E-state index contributed by atoms with van der Waals surface area (Å²) in [5, 5.41) is 9.23. The van der Waals surface area contributed by atoms with Gasteiger partial charge in [0.1, 0.15) is 0 Å². The van der Waals surface area contributed by atoms with Crippen LogP contribution in [0.4, 0.5) is 0 Å². The van der Waals surface area contributed by atoms with Crippen molar-refractivity contribution in [3.63, 3.8) is 0 Å². The highest BCUT2D eigenvalue weighted by Gasteiger charge is 2.52. The fourth-order valence-corrected chi connectivity index (χ4v) is 4.49. The van der Waals surface area contributed by atoms with Gasteiger partial charge in [-0.1, -0.05) is 0 Å². The Balaban J connectivity index is 1.41. The first kappa shape index (κ1) is 12.2. The van der Waals surface area contributed by atoms with E-state index in [-0.39, 0.29) is 0 Å². The second kappa shape index (κ2) is 5.00. The van der Waals surface area contributed by atoms with Crippen molar-refractivity contribution >= 4 is 27.3 Å². The van der Waals surface area contributed by atoms with Gasteiger partial charge in [-0.3, -0.25) is 0 Å². The van der Waals surface area contributed by atoms with Gasteiger partial charge in [0, 0.05) is 21.3 Å². The third-order valence-corrected chi connectivity index (χ3v) is 5.97. The van der Waals surface area contributed by atoms with E-state index in [1.54, 1.807) is 0 Å². The molecule has 1 aliphatic carbocycles. The maximum Gasteiger partial charge on any atom is 0.0300 e. The molecule has 0 aromatic carbocycles. The Bertz CT molecular complexity index is 385. The predicted molar refractivity (Wildman–Crippen MR) is 76.4 cm³/mol. The van der Waals surface area contributed by atoms with Crippen molar-refractivity contribution in [3.8, 4) is 0 Å². The first-order chi connectivity index (χ1) is 8.28. The van der Waals surface area contributed by atoms with E-state index in [1.807, 2.05) is 11.3 Å². The normalized spacial score (nSPS) is 26.3. The molecule has 1 saturated carbocycles. The molecular weight excluding hydrogens is 296 g/mol. The van der Waals surface area contributed by atoms with E-state index in [1.165, 1.54) is 48.2 Å². The Labute approximate surface area is 115 Å². The lowest BCUT2D eigenvalue weighted by Gasteiger charge is -2.23. The van der Waals surface area contributed by atoms with Crippen molar-refractivity contribution in [3.05, 3.63) is 20.8 Å². The quantitative estimate of drug-likeness (QED) is 0.892. The topological polar surface area (TPSA) is 24.1 Å². The van der Waals surface area contributed by atoms with Crippen LogP contribution >= 0.6 is 27.3 Å². The Morgan fingerprint density at radius 1 is 1.47 bits per heavy atom. The second-order valence-corrected chi connectivity index (χ2v) is 7.29. The summed E-state index contributed by atoms with van der Waals surface area (Å²) in [7, 11) is 0. The van der Waals surface area contributed by atoms with Gasteiger partial charge in [0.15, 0.2) is 0 Å². The van der Waals surface area contributed by atoms with E-state index >= 15 is 0 Å². The molecule has 2 N–H and O–H groups in total. The van der Waals surface area contributed by atoms with Gasteiger partial charge in [-0.05, 0) is 72.2 Å². The van der Waals surface area contributed by atoms with Crippen molar-refractivity contribution in [1.29, 1.82) is 0 Å². The van der Waals surface area contributed by atoms with Gasteiger partial charge in [-0.15, -0.1) is 11.3 Å². The molecule has 4 heteroatoms. The second-order valence-electron chi connectivity index (χ2n) is 5.38. The molecule has 94 valence electrons. The lowest BCUT2D eigenvalue weighted by atomic mass is 9.92. The van der Waals surface area contributed by atoms with E-state index in [0.29, 0.717) is 5.41 Å². The number of thiophene rings is 1. The Hall–Kier alpha value is 0.1000. The lowest BCUT2D eigenvalue weighted by Crippen LogP contribution is -2.31. The third kappa shape index (κ3) is 2.75. The SMILES string of the molecule is Brc1csc(CNCC2CC23CCNCC3)c1. The van der Waals surface area contributed by atoms with Crippen LogP contribution < -0.4 is 10.6 Å². The van der Waals surface area contributed by atoms with E-state index in [0.717, 1.165) is 12.5 Å². The summed E-state index contributed by atoms with van der Waals surface area (Å²) in [4.78, 5) is 1.43. The fraction of sp³-hybridized carbons (Fsp3) is 0.692. The number of hydrogen-bond acceptors (Lipinski definition) is 3. The monoisotopic (exact) mass is 314 g/mol. The lowest BCUT2D eigenvalue weighted by molar-refractivity contribution is 0.319. The number of rotatable bonds is 4. The Morgan fingerprint density at radius 3 is 3.00 bits per heavy atom. The number of piperidine rings is 1. The molecule has 1 aliphatic heterocycles. The van der Waals surface area contributed by atoms with Crippen LogP contribution in [0, 0.1) is 11.3 Å². The largest absolute Gasteiger partial charge is 0.317 e. The van der Waals surface area contributed by atoms with Crippen LogP contribution in [0.3, 0.4) is 0 Å². The predicted octanol–water partition coefficient (Wildman–Crippen LogP) is 2.99. The van der Waals surface area contributed by atoms with Gasteiger partial charge >= 0.3 is 0 Å². The van der Waals surface area contributed by atoms with Gasteiger partial charge in [0.2, 0.25) is 0 Å². The zero-order chi connectivity index (χ0) is 11.7. The van der Waals surface area contributed by atoms with Gasteiger partial charge in [0.05, 0.1) is 0 Å². The highest BCUT2D eigenvalue weighted by molar-refractivity contribution is 9.10. The van der Waals surface area contributed by atoms with E-state index in [2.05, 4.69) is 38.0 Å². The summed E-state index contributed by atoms with van der Waals surface area (Å²) < 4.78 is 1.21. The smallest absolute Gasteiger partial charge is 0.0300 e. The minimum atomic E-state index is 0.717. The van der Waals surface area contributed by atoms with E-state index < -0.39 is 0 Å². The average Bonchev–Trinajstić information content (AvgIpc) is 2.80. The van der Waals surface area contributed by atoms with Crippen LogP contribution in [-0.4, -0.2) is 19.6 Å². The number of nitrogens with one attached hydrogen (secondary N) is 2. The van der Waals surface area contributed by atoms with Crippen LogP contribution in [0.25, 0.3) is 0 Å². The van der Waals surface area contributed by atoms with Crippen molar-refractivity contribution in [1.82, 2.24) is 10.6 Å². The standard InChI is InChI=1S/C13H19BrN2S/c14-11-5-12(17-9-11)8-16-7-10-6-13(10)1-3-15-4-2-13/h5,9-10,15-16H,1-4,6-8H2. The maximum atomic E-state index is 3.62. The van der Waals surface area contributed by atoms with Gasteiger partial charge in [0.25, 0.3) is 0 Å². The molecule has 0 amide bonds. The van der Waals surface area contributed by atoms with Crippen LogP contribution in [0.5, 0.6) is 0 Å². The molecule has 1 atom stereocenters. The average molecular weight is 315 g/mol. The van der Waals surface area contributed by atoms with Crippen LogP contribution in [0.1, 0.15) is 24.1 Å². The molecular formula is C13H19BrN2S. The summed E-state index contributed by atoms with van der Waals surface area (Å²) in [6, 6.07) is 2.21. The molecule has 2 nitrogen and oxygen atoms in total. The van der Waals surface area contributed by atoms with Crippen LogP contribution in [0.15, 0.2) is 15.9 Å². The molecule has 2 aliphatic rings. The van der Waals surface area contributed by atoms with Crippen molar-refractivity contribution in [2.24, 2.45) is 11.3 Å². The Kier molecular flexibility index (Phi) is 3.57. The fourth-order valence-electron chi connectivity index (χ4n) is 3.07. The molecule has 3 rings (SSSR count). The zero-order valence-electron chi connectivity index (χ0n) is 9.97. The summed E-state index contributed by atoms with van der Waals surface area (Å²) >= 11 is 5.33. The van der Waals surface area contributed by atoms with E-state index in [9.17, 15) is 0 Å².